The minimum absolute atomic E-state index is 0.239. The van der Waals surface area contributed by atoms with E-state index in [1.807, 2.05) is 0 Å². The zero-order chi connectivity index (χ0) is 16.4. The molecule has 1 aromatic carbocycles. The number of hydrogen-bond acceptors (Lipinski definition) is 3. The van der Waals surface area contributed by atoms with Gasteiger partial charge in [0.2, 0.25) is 0 Å². The lowest BCUT2D eigenvalue weighted by molar-refractivity contribution is -0.299. The highest BCUT2D eigenvalue weighted by Crippen LogP contribution is 2.38. The van der Waals surface area contributed by atoms with Gasteiger partial charge in [-0.2, -0.15) is 26.3 Å². The molecule has 3 nitrogen and oxygen atoms in total. The molecule has 0 atom stereocenters. The topological polar surface area (TPSA) is 59.1 Å². The first-order valence-corrected chi connectivity index (χ1v) is 6.52. The van der Waals surface area contributed by atoms with Crippen LogP contribution in [0.4, 0.5) is 26.3 Å². The second kappa shape index (κ2) is 6.04. The van der Waals surface area contributed by atoms with Gasteiger partial charge in [-0.3, -0.25) is 5.41 Å². The molecule has 0 unspecified atom stereocenters. The van der Waals surface area contributed by atoms with E-state index in [2.05, 4.69) is 4.74 Å². The third-order valence-corrected chi connectivity index (χ3v) is 3.10. The van der Waals surface area contributed by atoms with E-state index in [0.717, 1.165) is 17.8 Å². The van der Waals surface area contributed by atoms with Gasteiger partial charge in [0.15, 0.2) is 0 Å². The Morgan fingerprint density at radius 3 is 2.10 bits per heavy atom. The van der Waals surface area contributed by atoms with Gasteiger partial charge in [0, 0.05) is 4.90 Å². The summed E-state index contributed by atoms with van der Waals surface area (Å²) in [5.41, 5.74) is 4.91. The van der Waals surface area contributed by atoms with Crippen molar-refractivity contribution in [2.75, 3.05) is 6.26 Å². The summed E-state index contributed by atoms with van der Waals surface area (Å²) >= 11 is 1.02. The number of halogens is 6. The van der Waals surface area contributed by atoms with Crippen molar-refractivity contribution < 1.29 is 31.1 Å². The van der Waals surface area contributed by atoms with Crippen LogP contribution in [0, 0.1) is 5.41 Å². The van der Waals surface area contributed by atoms with Crippen molar-refractivity contribution in [1.82, 2.24) is 0 Å². The molecule has 0 aliphatic rings. The van der Waals surface area contributed by atoms with Gasteiger partial charge in [-0.25, -0.2) is 0 Å². The average molecular weight is 332 g/mol. The normalized spacial score (nSPS) is 12.6. The van der Waals surface area contributed by atoms with Gasteiger partial charge in [-0.05, 0) is 18.4 Å². The lowest BCUT2D eigenvalue weighted by atomic mass is 10.1. The Hall–Kier alpha value is -1.58. The fraction of sp³-hybridized carbons (Fsp3) is 0.364. The van der Waals surface area contributed by atoms with Crippen molar-refractivity contribution >= 4 is 17.6 Å². The van der Waals surface area contributed by atoms with Gasteiger partial charge in [0.25, 0.3) is 6.10 Å². The molecule has 1 rings (SSSR count). The zero-order valence-electron chi connectivity index (χ0n) is 10.5. The van der Waals surface area contributed by atoms with Crippen LogP contribution in [0.25, 0.3) is 0 Å². The fourth-order valence-corrected chi connectivity index (χ4v) is 2.12. The molecule has 3 N–H and O–H groups in total. The molecular formula is C11H10F6N2OS. The largest absolute Gasteiger partial charge is 0.471 e. The highest BCUT2D eigenvalue weighted by Gasteiger charge is 2.59. The van der Waals surface area contributed by atoms with Crippen LogP contribution in [0.3, 0.4) is 0 Å². The van der Waals surface area contributed by atoms with Crippen molar-refractivity contribution in [2.24, 2.45) is 5.73 Å². The molecule has 0 bridgehead atoms. The maximum atomic E-state index is 12.5. The summed E-state index contributed by atoms with van der Waals surface area (Å²) in [7, 11) is 0. The summed E-state index contributed by atoms with van der Waals surface area (Å²) in [6.45, 7) is 0. The lowest BCUT2D eigenvalue weighted by Crippen LogP contribution is -2.46. The minimum Gasteiger partial charge on any atom is -0.471 e. The number of nitrogens with one attached hydrogen (secondary N) is 1. The minimum atomic E-state index is -5.64. The number of ether oxygens (including phenoxy) is 1. The third kappa shape index (κ3) is 4.19. The van der Waals surface area contributed by atoms with E-state index in [1.165, 1.54) is 18.4 Å². The monoisotopic (exact) mass is 332 g/mol. The second-order valence-electron chi connectivity index (χ2n) is 3.83. The molecular weight excluding hydrogens is 322 g/mol. The van der Waals surface area contributed by atoms with E-state index in [9.17, 15) is 26.3 Å². The molecule has 1 aromatic rings. The predicted molar refractivity (Wildman–Crippen MR) is 65.8 cm³/mol. The Labute approximate surface area is 120 Å². The summed E-state index contributed by atoms with van der Waals surface area (Å²) in [5.74, 6) is -1.42. The molecule has 0 spiro atoms. The van der Waals surface area contributed by atoms with E-state index in [0.29, 0.717) is 0 Å². The third-order valence-electron chi connectivity index (χ3n) is 2.32. The van der Waals surface area contributed by atoms with Crippen LogP contribution >= 0.6 is 11.8 Å². The Balaban J connectivity index is 3.31. The highest BCUT2D eigenvalue weighted by atomic mass is 32.2. The van der Waals surface area contributed by atoms with Crippen LogP contribution in [-0.4, -0.2) is 30.5 Å². The molecule has 0 amide bonds. The maximum Gasteiger partial charge on any atom is 0.434 e. The number of hydrogen-bond donors (Lipinski definition) is 2. The Morgan fingerprint density at radius 1 is 1.19 bits per heavy atom. The van der Waals surface area contributed by atoms with E-state index in [4.69, 9.17) is 11.1 Å². The van der Waals surface area contributed by atoms with Crippen LogP contribution in [0.2, 0.25) is 0 Å². The lowest BCUT2D eigenvalue weighted by Gasteiger charge is -2.25. The van der Waals surface area contributed by atoms with E-state index >= 15 is 0 Å². The Morgan fingerprint density at radius 2 is 1.71 bits per heavy atom. The summed E-state index contributed by atoms with van der Waals surface area (Å²) in [4.78, 5) is 0.239. The number of rotatable bonds is 4. The Bertz CT molecular complexity index is 514. The number of alkyl halides is 6. The molecule has 0 saturated carbocycles. The number of benzene rings is 1. The van der Waals surface area contributed by atoms with Gasteiger partial charge < -0.3 is 10.5 Å². The van der Waals surface area contributed by atoms with Gasteiger partial charge in [-0.1, -0.05) is 6.07 Å². The first-order chi connectivity index (χ1) is 9.48. The van der Waals surface area contributed by atoms with Crippen molar-refractivity contribution in [3.63, 3.8) is 0 Å². The maximum absolute atomic E-state index is 12.5. The first kappa shape index (κ1) is 17.5. The summed E-state index contributed by atoms with van der Waals surface area (Å²) in [5, 5.41) is 7.30. The second-order valence-corrected chi connectivity index (χ2v) is 4.68. The van der Waals surface area contributed by atoms with Crippen LogP contribution in [0.15, 0.2) is 23.1 Å². The first-order valence-electron chi connectivity index (χ1n) is 5.30. The molecule has 0 heterocycles. The predicted octanol–water partition coefficient (Wildman–Crippen LogP) is 3.56. The van der Waals surface area contributed by atoms with Crippen molar-refractivity contribution in [2.45, 2.75) is 23.4 Å². The molecule has 10 heteroatoms. The average Bonchev–Trinajstić information content (AvgIpc) is 2.32. The van der Waals surface area contributed by atoms with Crippen LogP contribution in [0.5, 0.6) is 5.75 Å². The molecule has 0 aliphatic heterocycles. The summed E-state index contributed by atoms with van der Waals surface area (Å²) < 4.78 is 79.0. The zero-order valence-corrected chi connectivity index (χ0v) is 11.3. The Kier molecular flexibility index (Phi) is 5.03. The van der Waals surface area contributed by atoms with Crippen molar-refractivity contribution in [3.05, 3.63) is 23.8 Å². The van der Waals surface area contributed by atoms with Gasteiger partial charge >= 0.3 is 12.4 Å². The van der Waals surface area contributed by atoms with Gasteiger partial charge in [-0.15, -0.1) is 11.8 Å². The summed E-state index contributed by atoms with van der Waals surface area (Å²) in [6, 6.07) is 3.53. The number of nitrogens with two attached hydrogens (primary N) is 1. The molecule has 0 saturated heterocycles. The standard InChI is InChI=1S/C11H10F6N2OS/c1-21-6-4-2-3-5(7(6)8(18)19)20-9(10(12,13)14)11(15,16)17/h2-4,9H,1H3,(H3,18,19). The van der Waals surface area contributed by atoms with Gasteiger partial charge in [0.05, 0.1) is 5.56 Å². The number of thioether (sulfide) groups is 1. The van der Waals surface area contributed by atoms with Crippen molar-refractivity contribution in [1.29, 1.82) is 5.41 Å². The molecule has 0 radical (unpaired) electrons. The quantitative estimate of drug-likeness (QED) is 0.384. The molecule has 21 heavy (non-hydrogen) atoms. The fourth-order valence-electron chi connectivity index (χ4n) is 1.49. The van der Waals surface area contributed by atoms with Crippen LogP contribution in [0.1, 0.15) is 5.56 Å². The SMILES string of the molecule is CSc1cccc(OC(C(F)(F)F)C(F)(F)F)c1C(=N)N. The van der Waals surface area contributed by atoms with Crippen LogP contribution in [-0.2, 0) is 0 Å². The highest BCUT2D eigenvalue weighted by molar-refractivity contribution is 7.98. The van der Waals surface area contributed by atoms with E-state index in [1.54, 1.807) is 0 Å². The molecule has 0 aromatic heterocycles. The molecule has 118 valence electrons. The van der Waals surface area contributed by atoms with E-state index in [-0.39, 0.29) is 10.5 Å². The molecule has 0 aliphatic carbocycles. The number of amidine groups is 1. The van der Waals surface area contributed by atoms with Crippen LogP contribution < -0.4 is 10.5 Å². The summed E-state index contributed by atoms with van der Waals surface area (Å²) in [6.07, 6.45) is -13.7. The molecule has 0 fully saturated rings. The smallest absolute Gasteiger partial charge is 0.434 e. The van der Waals surface area contributed by atoms with Crippen molar-refractivity contribution in [3.8, 4) is 5.75 Å². The van der Waals surface area contributed by atoms with E-state index < -0.39 is 30.0 Å². The van der Waals surface area contributed by atoms with Gasteiger partial charge in [0.1, 0.15) is 11.6 Å². The number of nitrogen functional groups attached to an aromatic ring is 1.